The summed E-state index contributed by atoms with van der Waals surface area (Å²) in [5.41, 5.74) is 2.83. The molecule has 4 aromatic carbocycles. The predicted octanol–water partition coefficient (Wildman–Crippen LogP) is 6.64. The Morgan fingerprint density at radius 2 is 1.57 bits per heavy atom. The second-order valence-corrected chi connectivity index (χ2v) is 16.9. The zero-order valence-corrected chi connectivity index (χ0v) is 35.0. The molecular formula is C44H51ClN6O6S. The van der Waals surface area contributed by atoms with Gasteiger partial charge in [0.2, 0.25) is 0 Å². The zero-order valence-electron chi connectivity index (χ0n) is 33.4. The number of fused-ring (bicyclic) bond motifs is 2. The lowest BCUT2D eigenvalue weighted by molar-refractivity contribution is 0.0586. The number of rotatable bonds is 16. The average molecular weight is 827 g/mol. The Bertz CT molecular complexity index is 2410. The van der Waals surface area contributed by atoms with Crippen molar-refractivity contribution in [3.63, 3.8) is 0 Å². The molecule has 0 aliphatic carbocycles. The molecule has 306 valence electrons. The van der Waals surface area contributed by atoms with Gasteiger partial charge in [0, 0.05) is 44.3 Å². The lowest BCUT2D eigenvalue weighted by Gasteiger charge is -2.39. The molecule has 0 saturated heterocycles. The van der Waals surface area contributed by atoms with Gasteiger partial charge in [0.1, 0.15) is 0 Å². The summed E-state index contributed by atoms with van der Waals surface area (Å²) in [5.74, 6) is -1.66. The van der Waals surface area contributed by atoms with Gasteiger partial charge < -0.3 is 19.8 Å². The second kappa shape index (κ2) is 18.7. The van der Waals surface area contributed by atoms with E-state index in [9.17, 15) is 23.1 Å². The third kappa shape index (κ3) is 9.28. The molecule has 0 spiro atoms. The number of benzene rings is 4. The number of aromatic nitrogens is 2. The number of hydrogen-bond donors (Lipinski definition) is 2. The first-order valence-corrected chi connectivity index (χ1v) is 21.6. The number of likely N-dealkylation sites (N-methyl/N-ethyl adjacent to an activating group) is 1. The van der Waals surface area contributed by atoms with Gasteiger partial charge in [-0.1, -0.05) is 92.9 Å². The Hall–Kier alpha value is -5.08. The van der Waals surface area contributed by atoms with Crippen molar-refractivity contribution in [2.75, 3.05) is 39.8 Å². The summed E-state index contributed by atoms with van der Waals surface area (Å²) in [7, 11) is -2.44. The summed E-state index contributed by atoms with van der Waals surface area (Å²) < 4.78 is 30.8. The summed E-state index contributed by atoms with van der Waals surface area (Å²) in [6.45, 7) is 8.02. The molecule has 12 nitrogen and oxygen atoms in total. The van der Waals surface area contributed by atoms with E-state index >= 15 is 4.79 Å². The van der Waals surface area contributed by atoms with Crippen LogP contribution in [-0.2, 0) is 23.0 Å². The fourth-order valence-corrected chi connectivity index (χ4v) is 8.60. The van der Waals surface area contributed by atoms with Crippen LogP contribution in [0.25, 0.3) is 16.5 Å². The van der Waals surface area contributed by atoms with Crippen molar-refractivity contribution in [2.24, 2.45) is 0 Å². The highest BCUT2D eigenvalue weighted by atomic mass is 35.5. The van der Waals surface area contributed by atoms with E-state index in [2.05, 4.69) is 18.6 Å². The number of carbonyl (C=O) groups excluding carboxylic acids is 3. The van der Waals surface area contributed by atoms with Crippen LogP contribution in [0.4, 0.5) is 0 Å². The molecule has 0 saturated carbocycles. The van der Waals surface area contributed by atoms with Crippen LogP contribution in [0.1, 0.15) is 87.6 Å². The molecule has 0 fully saturated rings. The maximum Gasteiger partial charge on any atom is 0.275 e. The molecule has 1 aliphatic heterocycles. The van der Waals surface area contributed by atoms with E-state index in [1.165, 1.54) is 35.0 Å². The van der Waals surface area contributed by atoms with Crippen LogP contribution in [-0.4, -0.2) is 102 Å². The third-order valence-corrected chi connectivity index (χ3v) is 12.5. The minimum Gasteiger partial charge on any atom is -0.395 e. The molecule has 0 unspecified atom stereocenters. The highest BCUT2D eigenvalue weighted by molar-refractivity contribution is 7.90. The van der Waals surface area contributed by atoms with E-state index in [1.54, 1.807) is 34.9 Å². The van der Waals surface area contributed by atoms with E-state index in [0.29, 0.717) is 43.7 Å². The fourth-order valence-electron chi connectivity index (χ4n) is 7.39. The molecule has 0 radical (unpaired) electrons. The van der Waals surface area contributed by atoms with Crippen LogP contribution < -0.4 is 4.72 Å². The number of amides is 3. The van der Waals surface area contributed by atoms with Gasteiger partial charge >= 0.3 is 0 Å². The molecule has 5 aromatic rings. The Morgan fingerprint density at radius 1 is 0.897 bits per heavy atom. The smallest absolute Gasteiger partial charge is 0.275 e. The van der Waals surface area contributed by atoms with Gasteiger partial charge in [0.25, 0.3) is 27.7 Å². The van der Waals surface area contributed by atoms with Crippen LogP contribution in [0.3, 0.4) is 0 Å². The maximum atomic E-state index is 15.1. The van der Waals surface area contributed by atoms with Crippen molar-refractivity contribution in [1.29, 1.82) is 0 Å². The molecule has 3 amide bonds. The number of sulfonamides is 1. The largest absolute Gasteiger partial charge is 0.395 e. The number of aliphatic hydroxyl groups excluding tert-OH is 1. The number of hydrogen-bond acceptors (Lipinski definition) is 8. The normalized spacial score (nSPS) is 14.1. The monoisotopic (exact) mass is 826 g/mol. The molecule has 14 heteroatoms. The van der Waals surface area contributed by atoms with E-state index < -0.39 is 21.8 Å². The van der Waals surface area contributed by atoms with Crippen LogP contribution in [0.15, 0.2) is 89.8 Å². The maximum absolute atomic E-state index is 15.1. The summed E-state index contributed by atoms with van der Waals surface area (Å²) in [4.78, 5) is 48.3. The number of aliphatic hydroxyl groups is 1. The van der Waals surface area contributed by atoms with Crippen molar-refractivity contribution >= 4 is 50.1 Å². The van der Waals surface area contributed by atoms with Crippen molar-refractivity contribution in [2.45, 2.75) is 70.4 Å². The van der Waals surface area contributed by atoms with E-state index in [1.807, 2.05) is 48.3 Å². The summed E-state index contributed by atoms with van der Waals surface area (Å²) in [6.07, 6.45) is 4.00. The summed E-state index contributed by atoms with van der Waals surface area (Å²) >= 11 is 6.88. The van der Waals surface area contributed by atoms with Gasteiger partial charge in [-0.05, 0) is 85.5 Å². The predicted molar refractivity (Wildman–Crippen MR) is 226 cm³/mol. The fraction of sp³-hybridized carbons (Fsp3) is 0.364. The molecule has 0 bridgehead atoms. The Morgan fingerprint density at radius 3 is 2.26 bits per heavy atom. The van der Waals surface area contributed by atoms with Gasteiger partial charge in [-0.2, -0.15) is 5.10 Å². The lowest BCUT2D eigenvalue weighted by Crippen LogP contribution is -2.50. The topological polar surface area (TPSA) is 145 Å². The van der Waals surface area contributed by atoms with E-state index in [0.717, 1.165) is 42.2 Å². The van der Waals surface area contributed by atoms with Crippen molar-refractivity contribution in [3.8, 4) is 5.69 Å². The first-order chi connectivity index (χ1) is 27.9. The lowest BCUT2D eigenvalue weighted by atomic mass is 9.92. The molecule has 2 heterocycles. The number of nitrogens with one attached hydrogen (secondary N) is 1. The number of nitrogens with zero attached hydrogens (tertiary/aromatic N) is 5. The molecule has 1 atom stereocenters. The Kier molecular flexibility index (Phi) is 13.7. The van der Waals surface area contributed by atoms with Crippen LogP contribution in [0.2, 0.25) is 5.02 Å². The van der Waals surface area contributed by atoms with Crippen molar-refractivity contribution in [3.05, 3.63) is 124 Å². The van der Waals surface area contributed by atoms with E-state index in [4.69, 9.17) is 16.7 Å². The molecular weight excluding hydrogens is 776 g/mol. The standard InChI is InChI=1S/C44H51ClN6O6S/c1-5-7-21-49(22-8-6-2)44(55)41-40(45)30(3)51(46-41)39-20-18-34(42(53)47-58(56,57)37-19-17-31-13-9-10-15-33(31)26-37)27-38(39)43(54)50-28-35-16-12-11-14-32(35)25-36(50)29-48(4)23-24-52/h9-20,26-27,36,52H,5-8,21-25,28-29H2,1-4H3,(H,47,53)/t36-/m0/s1. The molecule has 1 aromatic heterocycles. The molecule has 58 heavy (non-hydrogen) atoms. The molecule has 1 aliphatic rings. The minimum absolute atomic E-state index is 0.0497. The Balaban J connectivity index is 1.43. The van der Waals surface area contributed by atoms with Crippen LogP contribution >= 0.6 is 11.6 Å². The number of unbranched alkanes of at least 4 members (excludes halogenated alkanes) is 2. The second-order valence-electron chi connectivity index (χ2n) is 14.9. The Labute approximate surface area is 345 Å². The van der Waals surface area contributed by atoms with Crippen LogP contribution in [0, 0.1) is 6.92 Å². The molecule has 6 rings (SSSR count). The van der Waals surface area contributed by atoms with Gasteiger partial charge in [-0.15, -0.1) is 0 Å². The van der Waals surface area contributed by atoms with Gasteiger partial charge in [0.15, 0.2) is 5.69 Å². The van der Waals surface area contributed by atoms with Crippen molar-refractivity contribution < 1.29 is 27.9 Å². The first kappa shape index (κ1) is 42.5. The average Bonchev–Trinajstić information content (AvgIpc) is 3.52. The zero-order chi connectivity index (χ0) is 41.6. The third-order valence-electron chi connectivity index (χ3n) is 10.7. The quantitative estimate of drug-likeness (QED) is 0.113. The number of carbonyl (C=O) groups is 3. The van der Waals surface area contributed by atoms with Crippen LogP contribution in [0.5, 0.6) is 0 Å². The highest BCUT2D eigenvalue weighted by Crippen LogP contribution is 2.31. The number of halogens is 1. The molecule has 2 N–H and O–H groups in total. The van der Waals surface area contributed by atoms with Gasteiger partial charge in [0.05, 0.1) is 33.5 Å². The summed E-state index contributed by atoms with van der Waals surface area (Å²) in [5, 5.41) is 16.1. The van der Waals surface area contributed by atoms with Crippen molar-refractivity contribution in [1.82, 2.24) is 29.2 Å². The summed E-state index contributed by atoms with van der Waals surface area (Å²) in [6, 6.07) is 23.8. The van der Waals surface area contributed by atoms with Gasteiger partial charge in [-0.25, -0.2) is 17.8 Å². The minimum atomic E-state index is -4.31. The highest BCUT2D eigenvalue weighted by Gasteiger charge is 2.34. The SMILES string of the molecule is CCCCN(CCCC)C(=O)c1nn(-c2ccc(C(=O)NS(=O)(=O)c3ccc4ccccc4c3)cc2C(=O)N2Cc3ccccc3C[C@H]2CN(C)CCO)c(C)c1Cl. The van der Waals surface area contributed by atoms with Gasteiger partial charge in [-0.3, -0.25) is 14.4 Å². The first-order valence-electron chi connectivity index (χ1n) is 19.8. The van der Waals surface area contributed by atoms with E-state index in [-0.39, 0.29) is 57.5 Å².